The Hall–Kier alpha value is -3.80. The number of piperidine rings is 1. The predicted molar refractivity (Wildman–Crippen MR) is 150 cm³/mol. The zero-order chi connectivity index (χ0) is 28.3. The summed E-state index contributed by atoms with van der Waals surface area (Å²) in [6, 6.07) is 11.2. The molecule has 4 aromatic rings. The van der Waals surface area contributed by atoms with Gasteiger partial charge in [-0.15, -0.1) is 0 Å². The maximum Gasteiger partial charge on any atom is 0.335 e. The predicted octanol–water partition coefficient (Wildman–Crippen LogP) is 4.30. The van der Waals surface area contributed by atoms with E-state index in [1.165, 1.54) is 18.2 Å². The summed E-state index contributed by atoms with van der Waals surface area (Å²) in [6.07, 6.45) is 4.39. The number of carboxylic acids is 1. The number of benzene rings is 2. The molecule has 6 rings (SSSR count). The summed E-state index contributed by atoms with van der Waals surface area (Å²) in [4.78, 5) is 27.5. The van der Waals surface area contributed by atoms with Gasteiger partial charge in [-0.1, -0.05) is 11.6 Å². The van der Waals surface area contributed by atoms with E-state index < -0.39 is 11.8 Å². The number of aromatic carboxylic acids is 1. The third-order valence-electron chi connectivity index (χ3n) is 7.52. The largest absolute Gasteiger partial charge is 0.484 e. The molecule has 2 aromatic carbocycles. The lowest BCUT2D eigenvalue weighted by Crippen LogP contribution is -2.46. The van der Waals surface area contributed by atoms with Gasteiger partial charge in [0.1, 0.15) is 30.1 Å². The van der Waals surface area contributed by atoms with Crippen LogP contribution in [0.15, 0.2) is 48.7 Å². The first-order chi connectivity index (χ1) is 19.9. The van der Waals surface area contributed by atoms with Crippen molar-refractivity contribution in [2.45, 2.75) is 51.1 Å². The van der Waals surface area contributed by atoms with Gasteiger partial charge in [-0.05, 0) is 62.2 Å². The van der Waals surface area contributed by atoms with E-state index in [-0.39, 0.29) is 23.3 Å². The fraction of sp³-hybridized carbons (Fsp3) is 0.379. The molecule has 2 N–H and O–H groups in total. The molecular weight excluding hydrogens is 551 g/mol. The minimum absolute atomic E-state index is 0.0116. The maximum absolute atomic E-state index is 13.3. The summed E-state index contributed by atoms with van der Waals surface area (Å²) in [5, 5.41) is 13.1. The third kappa shape index (κ3) is 6.42. The van der Waals surface area contributed by atoms with Crippen LogP contribution in [0, 0.1) is 5.82 Å². The monoisotopic (exact) mass is 580 g/mol. The molecule has 0 amide bonds. The zero-order valence-electron chi connectivity index (χ0n) is 22.3. The third-order valence-corrected chi connectivity index (χ3v) is 7.82. The van der Waals surface area contributed by atoms with Crippen molar-refractivity contribution in [1.29, 1.82) is 0 Å². The number of rotatable bonds is 10. The van der Waals surface area contributed by atoms with Gasteiger partial charge in [0, 0.05) is 37.9 Å². The highest BCUT2D eigenvalue weighted by Gasteiger charge is 2.25. The smallest absolute Gasteiger partial charge is 0.335 e. The summed E-state index contributed by atoms with van der Waals surface area (Å²) < 4.78 is 27.3. The second-order valence-corrected chi connectivity index (χ2v) is 10.8. The summed E-state index contributed by atoms with van der Waals surface area (Å²) in [5.41, 5.74) is 1.94. The van der Waals surface area contributed by atoms with Crippen molar-refractivity contribution >= 4 is 28.6 Å². The second kappa shape index (κ2) is 12.0. The number of fused-ring (bicyclic) bond motifs is 1. The van der Waals surface area contributed by atoms with Gasteiger partial charge in [-0.3, -0.25) is 4.90 Å². The van der Waals surface area contributed by atoms with Gasteiger partial charge in [0.05, 0.1) is 28.2 Å². The van der Waals surface area contributed by atoms with Gasteiger partial charge in [0.15, 0.2) is 5.82 Å². The Kier molecular flexibility index (Phi) is 8.00. The summed E-state index contributed by atoms with van der Waals surface area (Å²) in [6.45, 7) is 4.19. The first-order valence-corrected chi connectivity index (χ1v) is 14.0. The van der Waals surface area contributed by atoms with Crippen LogP contribution in [-0.2, 0) is 19.7 Å². The van der Waals surface area contributed by atoms with Crippen LogP contribution in [0.5, 0.6) is 11.6 Å². The molecule has 4 heterocycles. The Morgan fingerprint density at radius 1 is 1.12 bits per heavy atom. The van der Waals surface area contributed by atoms with Crippen molar-refractivity contribution in [1.82, 2.24) is 29.7 Å². The molecular formula is C29H30ClFN6O4. The first-order valence-electron chi connectivity index (χ1n) is 13.7. The van der Waals surface area contributed by atoms with Crippen LogP contribution in [0.25, 0.3) is 11.0 Å². The lowest BCUT2D eigenvalue weighted by Gasteiger charge is -2.32. The highest BCUT2D eigenvalue weighted by atomic mass is 35.5. The van der Waals surface area contributed by atoms with Gasteiger partial charge >= 0.3 is 5.97 Å². The van der Waals surface area contributed by atoms with Crippen LogP contribution in [-0.4, -0.2) is 67.3 Å². The Bertz CT molecular complexity index is 1550. The van der Waals surface area contributed by atoms with Crippen LogP contribution in [0.3, 0.4) is 0 Å². The molecule has 2 aromatic heterocycles. The van der Waals surface area contributed by atoms with Crippen molar-refractivity contribution in [3.05, 3.63) is 76.7 Å². The highest BCUT2D eigenvalue weighted by Crippen LogP contribution is 2.26. The Labute approximate surface area is 241 Å². The van der Waals surface area contributed by atoms with E-state index in [1.54, 1.807) is 30.5 Å². The molecule has 10 nitrogen and oxygen atoms in total. The van der Waals surface area contributed by atoms with Gasteiger partial charge in [0.2, 0.25) is 5.88 Å². The molecule has 0 unspecified atom stereocenters. The van der Waals surface area contributed by atoms with Crippen molar-refractivity contribution in [3.63, 3.8) is 0 Å². The zero-order valence-corrected chi connectivity index (χ0v) is 23.1. The number of aromatic nitrogens is 4. The number of nitrogens with zero attached hydrogens (tertiary/aromatic N) is 5. The van der Waals surface area contributed by atoms with E-state index in [4.69, 9.17) is 26.1 Å². The minimum atomic E-state index is -0.939. The van der Waals surface area contributed by atoms with Gasteiger partial charge in [0.25, 0.3) is 0 Å². The number of nitrogens with one attached hydrogen (secondary N) is 1. The van der Waals surface area contributed by atoms with E-state index in [9.17, 15) is 14.3 Å². The number of likely N-dealkylation sites (tertiary alicyclic amines) is 1. The van der Waals surface area contributed by atoms with Crippen molar-refractivity contribution < 1.29 is 23.8 Å². The van der Waals surface area contributed by atoms with Gasteiger partial charge < -0.3 is 24.5 Å². The second-order valence-electron chi connectivity index (χ2n) is 10.4. The van der Waals surface area contributed by atoms with E-state index in [2.05, 4.69) is 24.8 Å². The molecule has 214 valence electrons. The number of carbonyl (C=O) groups is 1. The molecule has 2 aliphatic rings. The number of hydrogen-bond donors (Lipinski definition) is 2. The average Bonchev–Trinajstić information content (AvgIpc) is 3.27. The first kappa shape index (κ1) is 27.4. The topological polar surface area (TPSA) is 115 Å². The molecule has 0 spiro atoms. The summed E-state index contributed by atoms with van der Waals surface area (Å²) >= 11 is 6.03. The normalized spacial score (nSPS) is 17.9. The van der Waals surface area contributed by atoms with Crippen LogP contribution in [0.2, 0.25) is 5.02 Å². The van der Waals surface area contributed by atoms with Crippen molar-refractivity contribution in [3.8, 4) is 11.6 Å². The Morgan fingerprint density at radius 2 is 1.95 bits per heavy atom. The fourth-order valence-electron chi connectivity index (χ4n) is 5.16. The maximum atomic E-state index is 13.3. The molecule has 0 saturated carbocycles. The molecule has 12 heteroatoms. The number of hydrogen-bond acceptors (Lipinski definition) is 8. The quantitative estimate of drug-likeness (QED) is 0.283. The van der Waals surface area contributed by atoms with Crippen molar-refractivity contribution in [2.75, 3.05) is 19.6 Å². The lowest BCUT2D eigenvalue weighted by molar-refractivity contribution is 0.0697. The lowest BCUT2D eigenvalue weighted by atomic mass is 10.1. The highest BCUT2D eigenvalue weighted by molar-refractivity contribution is 6.32. The molecule has 0 bridgehead atoms. The Morgan fingerprint density at radius 3 is 2.68 bits per heavy atom. The van der Waals surface area contributed by atoms with Crippen LogP contribution >= 0.6 is 11.6 Å². The Balaban J connectivity index is 1.06. The number of imidazole rings is 1. The number of halogens is 2. The van der Waals surface area contributed by atoms with Gasteiger partial charge in [-0.25, -0.2) is 19.2 Å². The molecule has 0 aliphatic carbocycles. The standard InChI is InChI=1S/C29H30ClFN6O4/c30-22-14-19(31)2-4-25(22)40-17-26-33-10-6-28(35-26)41-21-7-11-36(12-8-21)16-27-34-23-3-1-18(29(38)39)13-24(23)37(27)15-20-5-9-32-20/h1-4,6,10,13-14,20-21,32H,5,7-9,11-12,15-17H2,(H,38,39)/t20-/m1/s1. The molecule has 2 fully saturated rings. The number of ether oxygens (including phenoxy) is 2. The van der Waals surface area contributed by atoms with E-state index >= 15 is 0 Å². The summed E-state index contributed by atoms with van der Waals surface area (Å²) in [5.74, 6) is 0.842. The molecule has 2 aliphatic heterocycles. The van der Waals surface area contributed by atoms with Crippen molar-refractivity contribution in [2.24, 2.45) is 0 Å². The van der Waals surface area contributed by atoms with Crippen LogP contribution in [0.1, 0.15) is 41.3 Å². The van der Waals surface area contributed by atoms with Crippen LogP contribution < -0.4 is 14.8 Å². The minimum Gasteiger partial charge on any atom is -0.484 e. The molecule has 0 radical (unpaired) electrons. The molecule has 41 heavy (non-hydrogen) atoms. The van der Waals surface area contributed by atoms with E-state index in [0.29, 0.717) is 30.0 Å². The van der Waals surface area contributed by atoms with E-state index in [0.717, 1.165) is 62.3 Å². The van der Waals surface area contributed by atoms with E-state index in [1.807, 2.05) is 0 Å². The van der Waals surface area contributed by atoms with Crippen LogP contribution in [0.4, 0.5) is 4.39 Å². The average molecular weight is 581 g/mol. The summed E-state index contributed by atoms with van der Waals surface area (Å²) in [7, 11) is 0. The SMILES string of the molecule is O=C(O)c1ccc2nc(CN3CCC(Oc4ccnc(COc5ccc(F)cc5Cl)n4)CC3)n(C[C@H]3CCN3)c2c1. The van der Waals surface area contributed by atoms with Gasteiger partial charge in [-0.2, -0.15) is 4.98 Å². The fourth-order valence-corrected chi connectivity index (χ4v) is 5.38. The molecule has 1 atom stereocenters. The molecule has 2 saturated heterocycles. The number of carboxylic acid groups (broad SMARTS) is 1.